The van der Waals surface area contributed by atoms with Crippen LogP contribution in [0.15, 0.2) is 48.5 Å². The monoisotopic (exact) mass is 318 g/mol. The van der Waals surface area contributed by atoms with Crippen molar-refractivity contribution in [1.82, 2.24) is 0 Å². The molecular formula is C17H15ClO4. The molecule has 2 aromatic rings. The summed E-state index contributed by atoms with van der Waals surface area (Å²) in [5, 5.41) is 0.541. The molecular weight excluding hydrogens is 304 g/mol. The summed E-state index contributed by atoms with van der Waals surface area (Å²) in [5.74, 6) is -0.459. The molecule has 0 spiro atoms. The number of esters is 2. The molecule has 0 aliphatic carbocycles. The Kier molecular flexibility index (Phi) is 5.17. The van der Waals surface area contributed by atoms with Crippen LogP contribution in [0.2, 0.25) is 5.02 Å². The van der Waals surface area contributed by atoms with E-state index in [1.807, 2.05) is 0 Å². The van der Waals surface area contributed by atoms with Gasteiger partial charge in [0, 0.05) is 11.1 Å². The van der Waals surface area contributed by atoms with Crippen molar-refractivity contribution >= 4 is 23.5 Å². The van der Waals surface area contributed by atoms with Crippen LogP contribution in [-0.4, -0.2) is 11.9 Å². The third kappa shape index (κ3) is 4.33. The summed E-state index contributed by atoms with van der Waals surface area (Å²) in [4.78, 5) is 23.6. The summed E-state index contributed by atoms with van der Waals surface area (Å²) in [7, 11) is 0. The first kappa shape index (κ1) is 16.0. The average Bonchev–Trinajstić information content (AvgIpc) is 2.48. The topological polar surface area (TPSA) is 52.6 Å². The second-order valence-electron chi connectivity index (χ2n) is 4.95. The average molecular weight is 319 g/mol. The van der Waals surface area contributed by atoms with E-state index in [1.54, 1.807) is 56.3 Å². The van der Waals surface area contributed by atoms with Gasteiger partial charge in [-0.15, -0.1) is 0 Å². The van der Waals surface area contributed by atoms with E-state index in [-0.39, 0.29) is 11.9 Å². The maximum absolute atomic E-state index is 12.0. The van der Waals surface area contributed by atoms with E-state index in [1.165, 1.54) is 6.07 Å². The minimum Gasteiger partial charge on any atom is -0.426 e. The van der Waals surface area contributed by atoms with E-state index in [0.717, 1.165) is 0 Å². The van der Waals surface area contributed by atoms with Crippen LogP contribution in [0.25, 0.3) is 0 Å². The Labute approximate surface area is 133 Å². The van der Waals surface area contributed by atoms with Gasteiger partial charge >= 0.3 is 11.9 Å². The minimum absolute atomic E-state index is 0.236. The summed E-state index contributed by atoms with van der Waals surface area (Å²) in [6.45, 7) is 3.49. The maximum atomic E-state index is 12.0. The van der Waals surface area contributed by atoms with Gasteiger partial charge in [0.1, 0.15) is 11.5 Å². The number of hydrogen-bond acceptors (Lipinski definition) is 4. The highest BCUT2D eigenvalue weighted by Crippen LogP contribution is 2.21. The fourth-order valence-electron chi connectivity index (χ4n) is 1.59. The van der Waals surface area contributed by atoms with Crippen molar-refractivity contribution in [1.29, 1.82) is 0 Å². The van der Waals surface area contributed by atoms with Gasteiger partial charge in [0.05, 0.1) is 11.5 Å². The number of ether oxygens (including phenoxy) is 2. The molecule has 0 atom stereocenters. The Morgan fingerprint density at radius 3 is 2.14 bits per heavy atom. The summed E-state index contributed by atoms with van der Waals surface area (Å²) >= 11 is 5.77. The molecule has 0 N–H and O–H groups in total. The highest BCUT2D eigenvalue weighted by molar-refractivity contribution is 6.30. The molecule has 22 heavy (non-hydrogen) atoms. The standard InChI is InChI=1S/C17H15ClO4/c1-11(2)16(19)21-14-4-3-5-15(10-14)22-17(20)12-6-8-13(18)9-7-12/h3-11H,1-2H3. The van der Waals surface area contributed by atoms with Crippen LogP contribution in [0, 0.1) is 5.92 Å². The van der Waals surface area contributed by atoms with E-state index < -0.39 is 5.97 Å². The second-order valence-corrected chi connectivity index (χ2v) is 5.38. The van der Waals surface area contributed by atoms with Crippen LogP contribution in [0.5, 0.6) is 11.5 Å². The smallest absolute Gasteiger partial charge is 0.343 e. The van der Waals surface area contributed by atoms with Crippen LogP contribution in [0.1, 0.15) is 24.2 Å². The SMILES string of the molecule is CC(C)C(=O)Oc1cccc(OC(=O)c2ccc(Cl)cc2)c1. The largest absolute Gasteiger partial charge is 0.426 e. The zero-order chi connectivity index (χ0) is 16.1. The molecule has 0 bridgehead atoms. The van der Waals surface area contributed by atoms with Crippen molar-refractivity contribution in [3.05, 3.63) is 59.1 Å². The zero-order valence-corrected chi connectivity index (χ0v) is 13.0. The number of carbonyl (C=O) groups is 2. The van der Waals surface area contributed by atoms with E-state index in [2.05, 4.69) is 0 Å². The fraction of sp³-hybridized carbons (Fsp3) is 0.176. The van der Waals surface area contributed by atoms with Gasteiger partial charge in [0.2, 0.25) is 0 Å². The molecule has 0 unspecified atom stereocenters. The number of carbonyl (C=O) groups excluding carboxylic acids is 2. The summed E-state index contributed by atoms with van der Waals surface area (Å²) in [6, 6.07) is 12.8. The molecule has 0 aliphatic rings. The van der Waals surface area contributed by atoms with Crippen molar-refractivity contribution in [3.63, 3.8) is 0 Å². The van der Waals surface area contributed by atoms with Gasteiger partial charge in [-0.2, -0.15) is 0 Å². The molecule has 0 radical (unpaired) electrons. The van der Waals surface area contributed by atoms with Crippen LogP contribution in [0.3, 0.4) is 0 Å². The number of hydrogen-bond donors (Lipinski definition) is 0. The Balaban J connectivity index is 2.08. The van der Waals surface area contributed by atoms with Gasteiger partial charge in [-0.1, -0.05) is 31.5 Å². The van der Waals surface area contributed by atoms with Gasteiger partial charge < -0.3 is 9.47 Å². The number of rotatable bonds is 4. The fourth-order valence-corrected chi connectivity index (χ4v) is 1.71. The molecule has 4 nitrogen and oxygen atoms in total. The quantitative estimate of drug-likeness (QED) is 0.628. The lowest BCUT2D eigenvalue weighted by molar-refractivity contribution is -0.137. The van der Waals surface area contributed by atoms with Gasteiger partial charge in [-0.3, -0.25) is 4.79 Å². The summed E-state index contributed by atoms with van der Waals surface area (Å²) in [6.07, 6.45) is 0. The summed E-state index contributed by atoms with van der Waals surface area (Å²) in [5.41, 5.74) is 0.383. The Hall–Kier alpha value is -2.33. The zero-order valence-electron chi connectivity index (χ0n) is 12.2. The minimum atomic E-state index is -0.510. The van der Waals surface area contributed by atoms with Gasteiger partial charge in [0.15, 0.2) is 0 Å². The molecule has 0 amide bonds. The molecule has 0 aromatic heterocycles. The lowest BCUT2D eigenvalue weighted by Gasteiger charge is -2.09. The highest BCUT2D eigenvalue weighted by Gasteiger charge is 2.12. The predicted octanol–water partition coefficient (Wildman–Crippen LogP) is 4.12. The highest BCUT2D eigenvalue weighted by atomic mass is 35.5. The lowest BCUT2D eigenvalue weighted by atomic mass is 10.2. The number of benzene rings is 2. The van der Waals surface area contributed by atoms with Crippen LogP contribution in [-0.2, 0) is 4.79 Å². The molecule has 2 rings (SSSR count). The Morgan fingerprint density at radius 2 is 1.55 bits per heavy atom. The van der Waals surface area contributed by atoms with Crippen molar-refractivity contribution in [3.8, 4) is 11.5 Å². The normalized spacial score (nSPS) is 10.4. The molecule has 0 saturated heterocycles. The van der Waals surface area contributed by atoms with E-state index in [0.29, 0.717) is 22.1 Å². The van der Waals surface area contributed by atoms with E-state index in [9.17, 15) is 9.59 Å². The van der Waals surface area contributed by atoms with Crippen LogP contribution < -0.4 is 9.47 Å². The molecule has 0 aliphatic heterocycles. The van der Waals surface area contributed by atoms with Gasteiger partial charge in [-0.25, -0.2) is 4.79 Å². The van der Waals surface area contributed by atoms with Crippen molar-refractivity contribution in [2.24, 2.45) is 5.92 Å². The molecule has 114 valence electrons. The van der Waals surface area contributed by atoms with Gasteiger partial charge in [0.25, 0.3) is 0 Å². The Bertz CT molecular complexity index is 677. The summed E-state index contributed by atoms with van der Waals surface area (Å²) < 4.78 is 10.4. The third-order valence-electron chi connectivity index (χ3n) is 2.79. The van der Waals surface area contributed by atoms with E-state index >= 15 is 0 Å². The maximum Gasteiger partial charge on any atom is 0.343 e. The first-order valence-corrected chi connectivity index (χ1v) is 7.13. The molecule has 5 heteroatoms. The number of halogens is 1. The Morgan fingerprint density at radius 1 is 0.955 bits per heavy atom. The molecule has 0 fully saturated rings. The lowest BCUT2D eigenvalue weighted by Crippen LogP contribution is -2.15. The first-order chi connectivity index (χ1) is 10.5. The van der Waals surface area contributed by atoms with Crippen molar-refractivity contribution < 1.29 is 19.1 Å². The van der Waals surface area contributed by atoms with Crippen molar-refractivity contribution in [2.45, 2.75) is 13.8 Å². The van der Waals surface area contributed by atoms with Gasteiger partial charge in [-0.05, 0) is 36.4 Å². The predicted molar refractivity (Wildman–Crippen MR) is 83.3 cm³/mol. The molecule has 0 heterocycles. The first-order valence-electron chi connectivity index (χ1n) is 6.75. The molecule has 2 aromatic carbocycles. The molecule has 0 saturated carbocycles. The van der Waals surface area contributed by atoms with E-state index in [4.69, 9.17) is 21.1 Å². The third-order valence-corrected chi connectivity index (χ3v) is 3.04. The van der Waals surface area contributed by atoms with Crippen molar-refractivity contribution in [2.75, 3.05) is 0 Å². The second kappa shape index (κ2) is 7.09. The van der Waals surface area contributed by atoms with Crippen LogP contribution in [0.4, 0.5) is 0 Å². The van der Waals surface area contributed by atoms with Crippen LogP contribution >= 0.6 is 11.6 Å².